The second kappa shape index (κ2) is 7.63. The van der Waals surface area contributed by atoms with Crippen molar-refractivity contribution in [3.8, 4) is 0 Å². The highest BCUT2D eigenvalue weighted by Gasteiger charge is 2.25. The molecule has 2 aromatic heterocycles. The average molecular weight is 370 g/mol. The zero-order chi connectivity index (χ0) is 17.1. The third-order valence-corrected chi connectivity index (χ3v) is 6.46. The van der Waals surface area contributed by atoms with E-state index in [1.807, 2.05) is 20.8 Å². The van der Waals surface area contributed by atoms with E-state index >= 15 is 0 Å². The summed E-state index contributed by atoms with van der Waals surface area (Å²) in [6, 6.07) is 0. The van der Waals surface area contributed by atoms with Crippen molar-refractivity contribution in [2.24, 2.45) is 0 Å². The Morgan fingerprint density at radius 1 is 1.26 bits per heavy atom. The molecule has 5 nitrogen and oxygen atoms in total. The number of nitrogens with zero attached hydrogens (tertiary/aromatic N) is 2. The molecule has 0 saturated heterocycles. The summed E-state index contributed by atoms with van der Waals surface area (Å²) in [5.74, 6) is 0.895. The maximum absolute atomic E-state index is 12.7. The molecule has 0 amide bonds. The van der Waals surface area contributed by atoms with Crippen molar-refractivity contribution in [2.45, 2.75) is 48.5 Å². The summed E-state index contributed by atoms with van der Waals surface area (Å²) >= 11 is 4.55. The van der Waals surface area contributed by atoms with Crippen LogP contribution >= 0.6 is 34.9 Å². The van der Waals surface area contributed by atoms with Crippen LogP contribution in [0.4, 0.5) is 0 Å². The van der Waals surface area contributed by atoms with Crippen LogP contribution in [0, 0.1) is 13.8 Å². The molecule has 2 aromatic rings. The van der Waals surface area contributed by atoms with Crippen molar-refractivity contribution >= 4 is 46.4 Å². The second-order valence-electron chi connectivity index (χ2n) is 5.07. The maximum Gasteiger partial charge on any atom is 0.192 e. The monoisotopic (exact) mass is 369 g/mol. The molecule has 1 atom stereocenters. The predicted octanol–water partition coefficient (Wildman–Crippen LogP) is 4.16. The van der Waals surface area contributed by atoms with Crippen LogP contribution in [0.25, 0.3) is 0 Å². The molecule has 0 saturated carbocycles. The Morgan fingerprint density at radius 3 is 2.48 bits per heavy atom. The molecule has 0 aliphatic heterocycles. The van der Waals surface area contributed by atoms with Gasteiger partial charge in [-0.25, -0.2) is 0 Å². The van der Waals surface area contributed by atoms with E-state index in [-0.39, 0.29) is 16.8 Å². The molecule has 0 aliphatic rings. The first-order valence-corrected chi connectivity index (χ1v) is 9.90. The largest absolute Gasteiger partial charge is 0.355 e. The molecule has 124 valence electrons. The maximum atomic E-state index is 12.7. The Balaban J connectivity index is 2.16. The SMILES string of the molecule is CCSc1nnc(S[C@@H](C)C(=O)c2[nH]c(C)c(C(C)=O)c2C)s1. The molecule has 0 aliphatic carbocycles. The van der Waals surface area contributed by atoms with E-state index in [4.69, 9.17) is 0 Å². The zero-order valence-electron chi connectivity index (χ0n) is 13.7. The fraction of sp³-hybridized carbons (Fsp3) is 0.467. The number of hydrogen-bond acceptors (Lipinski definition) is 7. The third-order valence-electron chi connectivity index (χ3n) is 3.34. The van der Waals surface area contributed by atoms with Crippen LogP contribution in [0.15, 0.2) is 8.68 Å². The van der Waals surface area contributed by atoms with E-state index < -0.39 is 0 Å². The number of thioether (sulfide) groups is 2. The fourth-order valence-corrected chi connectivity index (χ4v) is 5.48. The lowest BCUT2D eigenvalue weighted by Crippen LogP contribution is -2.15. The van der Waals surface area contributed by atoms with Crippen LogP contribution in [0.1, 0.15) is 52.9 Å². The van der Waals surface area contributed by atoms with Crippen LogP contribution < -0.4 is 0 Å². The van der Waals surface area contributed by atoms with Gasteiger partial charge in [-0.15, -0.1) is 10.2 Å². The van der Waals surface area contributed by atoms with Crippen LogP contribution in [0.3, 0.4) is 0 Å². The zero-order valence-corrected chi connectivity index (χ0v) is 16.2. The van der Waals surface area contributed by atoms with Gasteiger partial charge < -0.3 is 4.98 Å². The Labute approximate surface area is 148 Å². The Hall–Kier alpha value is -1.12. The molecule has 0 aromatic carbocycles. The van der Waals surface area contributed by atoms with Gasteiger partial charge in [-0.2, -0.15) is 0 Å². The number of H-pyrrole nitrogens is 1. The minimum Gasteiger partial charge on any atom is -0.355 e. The number of Topliss-reactive ketones (excluding diaryl/α,β-unsaturated/α-hetero) is 2. The first kappa shape index (κ1) is 18.2. The second-order valence-corrected chi connectivity index (χ2v) is 9.15. The van der Waals surface area contributed by atoms with Gasteiger partial charge in [-0.1, -0.05) is 41.8 Å². The molecule has 23 heavy (non-hydrogen) atoms. The molecule has 8 heteroatoms. The van der Waals surface area contributed by atoms with Crippen molar-refractivity contribution in [3.05, 3.63) is 22.5 Å². The summed E-state index contributed by atoms with van der Waals surface area (Å²) in [4.78, 5) is 27.4. The predicted molar refractivity (Wildman–Crippen MR) is 96.2 cm³/mol. The number of ketones is 2. The molecule has 0 unspecified atom stereocenters. The van der Waals surface area contributed by atoms with Crippen molar-refractivity contribution < 1.29 is 9.59 Å². The Bertz CT molecular complexity index is 736. The van der Waals surface area contributed by atoms with Gasteiger partial charge in [0, 0.05) is 11.3 Å². The highest BCUT2D eigenvalue weighted by Crippen LogP contribution is 2.32. The summed E-state index contributed by atoms with van der Waals surface area (Å²) in [6.07, 6.45) is 0. The Kier molecular flexibility index (Phi) is 6.05. The number of hydrogen-bond donors (Lipinski definition) is 1. The van der Waals surface area contributed by atoms with Gasteiger partial charge in [-0.3, -0.25) is 9.59 Å². The van der Waals surface area contributed by atoms with Crippen molar-refractivity contribution in [2.75, 3.05) is 5.75 Å². The van der Waals surface area contributed by atoms with Gasteiger partial charge in [0.25, 0.3) is 0 Å². The van der Waals surface area contributed by atoms with Gasteiger partial charge in [0.15, 0.2) is 20.2 Å². The molecule has 1 N–H and O–H groups in total. The summed E-state index contributed by atoms with van der Waals surface area (Å²) in [5, 5.41) is 7.92. The molecular formula is C15H19N3O2S3. The first-order chi connectivity index (χ1) is 10.8. The van der Waals surface area contributed by atoms with E-state index in [0.717, 1.165) is 25.7 Å². The summed E-state index contributed by atoms with van der Waals surface area (Å²) in [5.41, 5.74) is 2.60. The van der Waals surface area contributed by atoms with Crippen LogP contribution in [-0.2, 0) is 0 Å². The van der Waals surface area contributed by atoms with Crippen LogP contribution in [0.5, 0.6) is 0 Å². The standard InChI is InChI=1S/C15H19N3O2S3/c1-6-21-14-17-18-15(23-14)22-10(5)13(20)12-7(2)11(9(4)19)8(3)16-12/h10,16H,6H2,1-5H3/t10-/m0/s1. The minimum atomic E-state index is -0.293. The smallest absolute Gasteiger partial charge is 0.192 e. The quantitative estimate of drug-likeness (QED) is 0.583. The highest BCUT2D eigenvalue weighted by molar-refractivity contribution is 8.03. The molecule has 0 radical (unpaired) electrons. The third kappa shape index (κ3) is 4.05. The summed E-state index contributed by atoms with van der Waals surface area (Å²) < 4.78 is 1.70. The fourth-order valence-electron chi connectivity index (χ4n) is 2.36. The lowest BCUT2D eigenvalue weighted by atomic mass is 10.0. The van der Waals surface area contributed by atoms with Gasteiger partial charge >= 0.3 is 0 Å². The number of nitrogens with one attached hydrogen (secondary N) is 1. The molecule has 2 heterocycles. The Morgan fingerprint density at radius 2 is 1.91 bits per heavy atom. The van der Waals surface area contributed by atoms with E-state index in [2.05, 4.69) is 22.1 Å². The lowest BCUT2D eigenvalue weighted by Gasteiger charge is -2.07. The topological polar surface area (TPSA) is 75.7 Å². The number of aryl methyl sites for hydroxylation is 1. The van der Waals surface area contributed by atoms with Crippen molar-refractivity contribution in [1.29, 1.82) is 0 Å². The van der Waals surface area contributed by atoms with Gasteiger partial charge in [0.05, 0.1) is 10.9 Å². The lowest BCUT2D eigenvalue weighted by molar-refractivity contribution is 0.0988. The molecule has 0 bridgehead atoms. The molecule has 2 rings (SSSR count). The highest BCUT2D eigenvalue weighted by atomic mass is 32.2. The molecular weight excluding hydrogens is 350 g/mol. The number of aromatic nitrogens is 3. The number of carbonyl (C=O) groups is 2. The normalized spacial score (nSPS) is 12.4. The average Bonchev–Trinajstić information content (AvgIpc) is 3.02. The van der Waals surface area contributed by atoms with E-state index in [0.29, 0.717) is 11.3 Å². The van der Waals surface area contributed by atoms with Gasteiger partial charge in [0.2, 0.25) is 0 Å². The number of rotatable bonds is 7. The molecule has 0 fully saturated rings. The summed E-state index contributed by atoms with van der Waals surface area (Å²) in [7, 11) is 0. The van der Waals surface area contributed by atoms with Crippen LogP contribution in [0.2, 0.25) is 0 Å². The van der Waals surface area contributed by atoms with Gasteiger partial charge in [-0.05, 0) is 39.0 Å². The van der Waals surface area contributed by atoms with Crippen molar-refractivity contribution in [3.63, 3.8) is 0 Å². The van der Waals surface area contributed by atoms with E-state index in [9.17, 15) is 9.59 Å². The minimum absolute atomic E-state index is 0.0250. The van der Waals surface area contributed by atoms with Gasteiger partial charge in [0.1, 0.15) is 0 Å². The van der Waals surface area contributed by atoms with E-state index in [1.54, 1.807) is 11.8 Å². The van der Waals surface area contributed by atoms with E-state index in [1.165, 1.54) is 30.0 Å². The number of aromatic amines is 1. The van der Waals surface area contributed by atoms with Crippen LogP contribution in [-0.4, -0.2) is 37.8 Å². The summed E-state index contributed by atoms with van der Waals surface area (Å²) in [6.45, 7) is 9.06. The first-order valence-electron chi connectivity index (χ1n) is 7.22. The number of carbonyl (C=O) groups excluding carboxylic acids is 2. The molecule has 0 spiro atoms. The van der Waals surface area contributed by atoms with Crippen molar-refractivity contribution in [1.82, 2.24) is 15.2 Å².